The molecule has 1 aromatic rings. The number of benzene rings is 1. The monoisotopic (exact) mass is 464 g/mol. The van der Waals surface area contributed by atoms with Gasteiger partial charge < -0.3 is 5.32 Å². The van der Waals surface area contributed by atoms with Crippen LogP contribution in [0.15, 0.2) is 63.0 Å². The van der Waals surface area contributed by atoms with Crippen molar-refractivity contribution in [2.45, 2.75) is 37.3 Å². The van der Waals surface area contributed by atoms with Crippen molar-refractivity contribution >= 4 is 34.9 Å². The van der Waals surface area contributed by atoms with Crippen molar-refractivity contribution in [3.05, 3.63) is 58.9 Å². The summed E-state index contributed by atoms with van der Waals surface area (Å²) in [4.78, 5) is 5.06. The molecule has 30 heavy (non-hydrogen) atoms. The highest BCUT2D eigenvalue weighted by molar-refractivity contribution is 7.99. The van der Waals surface area contributed by atoms with Gasteiger partial charge in [0.25, 0.3) is 0 Å². The van der Waals surface area contributed by atoms with Gasteiger partial charge in [0.15, 0.2) is 0 Å². The number of rotatable bonds is 9. The van der Waals surface area contributed by atoms with Crippen LogP contribution in [0.4, 0.5) is 27.6 Å². The zero-order valence-electron chi connectivity index (χ0n) is 16.3. The SMILES string of the molecule is C=C/C(=C\C(Cl)=C(/C)CCN=C(Nc1cc(SCF)ccc1F)C1CC1)C(F)(F)F. The third-order valence-corrected chi connectivity index (χ3v) is 5.52. The van der Waals surface area contributed by atoms with Crippen molar-refractivity contribution in [2.24, 2.45) is 10.9 Å². The molecule has 2 nitrogen and oxygen atoms in total. The number of anilines is 1. The van der Waals surface area contributed by atoms with Gasteiger partial charge in [0.05, 0.1) is 11.3 Å². The number of hydrogen-bond donors (Lipinski definition) is 1. The first-order valence-corrected chi connectivity index (χ1v) is 10.6. The van der Waals surface area contributed by atoms with E-state index < -0.39 is 23.6 Å². The quantitative estimate of drug-likeness (QED) is 0.133. The molecular weight excluding hydrogens is 443 g/mol. The van der Waals surface area contributed by atoms with E-state index in [9.17, 15) is 22.0 Å². The van der Waals surface area contributed by atoms with Crippen LogP contribution in [0.2, 0.25) is 0 Å². The van der Waals surface area contributed by atoms with Crippen LogP contribution >= 0.6 is 23.4 Å². The number of thioether (sulfide) groups is 1. The number of alkyl halides is 4. The lowest BCUT2D eigenvalue weighted by Gasteiger charge is -2.12. The van der Waals surface area contributed by atoms with Gasteiger partial charge in [-0.3, -0.25) is 4.99 Å². The molecule has 1 aromatic carbocycles. The molecular formula is C21H22ClF5N2S. The number of nitrogens with zero attached hydrogens (tertiary/aromatic N) is 1. The van der Waals surface area contributed by atoms with Crippen LogP contribution in [0.3, 0.4) is 0 Å². The average Bonchev–Trinajstić information content (AvgIpc) is 3.51. The number of amidine groups is 1. The topological polar surface area (TPSA) is 24.4 Å². The molecule has 1 aliphatic carbocycles. The van der Waals surface area contributed by atoms with Crippen LogP contribution in [0, 0.1) is 11.7 Å². The maximum atomic E-state index is 14.1. The Balaban J connectivity index is 2.10. The van der Waals surface area contributed by atoms with Gasteiger partial charge in [-0.2, -0.15) is 13.2 Å². The molecule has 164 valence electrons. The summed E-state index contributed by atoms with van der Waals surface area (Å²) < 4.78 is 65.1. The lowest BCUT2D eigenvalue weighted by molar-refractivity contribution is -0.0881. The lowest BCUT2D eigenvalue weighted by atomic mass is 10.1. The molecule has 0 saturated heterocycles. The molecule has 1 aliphatic rings. The van der Waals surface area contributed by atoms with Gasteiger partial charge in [0.1, 0.15) is 17.7 Å². The predicted molar refractivity (Wildman–Crippen MR) is 114 cm³/mol. The van der Waals surface area contributed by atoms with Crippen molar-refractivity contribution in [3.63, 3.8) is 0 Å². The number of nitrogens with one attached hydrogen (secondary N) is 1. The zero-order valence-corrected chi connectivity index (χ0v) is 17.9. The molecule has 1 fully saturated rings. The van der Waals surface area contributed by atoms with Gasteiger partial charge in [-0.05, 0) is 50.5 Å². The minimum absolute atomic E-state index is 0.0136. The minimum atomic E-state index is -4.53. The second kappa shape index (κ2) is 11.0. The summed E-state index contributed by atoms with van der Waals surface area (Å²) in [5.41, 5.74) is -0.156. The highest BCUT2D eigenvalue weighted by atomic mass is 35.5. The van der Waals surface area contributed by atoms with Gasteiger partial charge in [-0.1, -0.05) is 41.6 Å². The fourth-order valence-corrected chi connectivity index (χ4v) is 3.20. The highest BCUT2D eigenvalue weighted by Crippen LogP contribution is 2.33. The van der Waals surface area contributed by atoms with E-state index in [0.29, 0.717) is 28.8 Å². The van der Waals surface area contributed by atoms with E-state index >= 15 is 0 Å². The van der Waals surface area contributed by atoms with Gasteiger partial charge in [0.2, 0.25) is 0 Å². The van der Waals surface area contributed by atoms with E-state index in [0.717, 1.165) is 30.7 Å². The molecule has 0 atom stereocenters. The number of halogens is 6. The van der Waals surface area contributed by atoms with E-state index in [2.05, 4.69) is 16.9 Å². The second-order valence-corrected chi connectivity index (χ2v) is 8.13. The maximum absolute atomic E-state index is 14.1. The van der Waals surface area contributed by atoms with Crippen LogP contribution in [-0.2, 0) is 0 Å². The predicted octanol–water partition coefficient (Wildman–Crippen LogP) is 7.64. The fraction of sp³-hybridized carbons (Fsp3) is 0.381. The molecule has 0 amide bonds. The highest BCUT2D eigenvalue weighted by Gasteiger charge is 2.31. The summed E-state index contributed by atoms with van der Waals surface area (Å²) in [7, 11) is 0. The third kappa shape index (κ3) is 7.47. The molecule has 9 heteroatoms. The van der Waals surface area contributed by atoms with Crippen molar-refractivity contribution in [1.82, 2.24) is 0 Å². The van der Waals surface area contributed by atoms with E-state index in [1.807, 2.05) is 0 Å². The van der Waals surface area contributed by atoms with E-state index in [4.69, 9.17) is 11.6 Å². The fourth-order valence-electron chi connectivity index (χ4n) is 2.50. The molecule has 2 rings (SSSR count). The summed E-state index contributed by atoms with van der Waals surface area (Å²) in [5.74, 6) is 0.317. The van der Waals surface area contributed by atoms with E-state index in [1.54, 1.807) is 6.92 Å². The van der Waals surface area contributed by atoms with E-state index in [-0.39, 0.29) is 23.2 Å². The summed E-state index contributed by atoms with van der Waals surface area (Å²) in [5, 5.41) is 2.97. The molecule has 0 unspecified atom stereocenters. The largest absolute Gasteiger partial charge is 0.416 e. The van der Waals surface area contributed by atoms with Crippen LogP contribution in [-0.4, -0.2) is 24.6 Å². The zero-order chi connectivity index (χ0) is 22.3. The first-order valence-electron chi connectivity index (χ1n) is 9.22. The van der Waals surface area contributed by atoms with Crippen molar-refractivity contribution in [2.75, 3.05) is 17.9 Å². The molecule has 0 heterocycles. The van der Waals surface area contributed by atoms with Crippen LogP contribution in [0.25, 0.3) is 0 Å². The van der Waals surface area contributed by atoms with Crippen molar-refractivity contribution < 1.29 is 22.0 Å². The Morgan fingerprint density at radius 1 is 1.37 bits per heavy atom. The van der Waals surface area contributed by atoms with Crippen molar-refractivity contribution in [3.8, 4) is 0 Å². The number of hydrogen-bond acceptors (Lipinski definition) is 2. The van der Waals surface area contributed by atoms with E-state index in [1.165, 1.54) is 18.2 Å². The Bertz CT molecular complexity index is 857. The normalized spacial score (nSPS) is 16.4. The molecule has 0 bridgehead atoms. The van der Waals surface area contributed by atoms with Gasteiger partial charge in [-0.15, -0.1) is 0 Å². The second-order valence-electron chi connectivity index (χ2n) is 6.74. The first-order chi connectivity index (χ1) is 14.2. The summed E-state index contributed by atoms with van der Waals surface area (Å²) >= 11 is 6.96. The summed E-state index contributed by atoms with van der Waals surface area (Å²) in [6.07, 6.45) is -0.792. The first kappa shape index (κ1) is 24.5. The smallest absolute Gasteiger partial charge is 0.341 e. The van der Waals surface area contributed by atoms with Crippen LogP contribution in [0.5, 0.6) is 0 Å². The van der Waals surface area contributed by atoms with Crippen LogP contribution < -0.4 is 5.32 Å². The molecule has 0 radical (unpaired) electrons. The van der Waals surface area contributed by atoms with Gasteiger partial charge >= 0.3 is 6.18 Å². The van der Waals surface area contributed by atoms with Gasteiger partial charge in [-0.25, -0.2) is 8.78 Å². The maximum Gasteiger partial charge on any atom is 0.416 e. The molecule has 1 N–H and O–H groups in total. The molecule has 0 aliphatic heterocycles. The molecule has 1 saturated carbocycles. The van der Waals surface area contributed by atoms with Crippen LogP contribution in [0.1, 0.15) is 26.2 Å². The summed E-state index contributed by atoms with van der Waals surface area (Å²) in [6.45, 7) is 5.08. The third-order valence-electron chi connectivity index (χ3n) is 4.39. The average molecular weight is 465 g/mol. The Labute approximate surface area is 182 Å². The Morgan fingerprint density at radius 3 is 2.63 bits per heavy atom. The number of allylic oxidation sites excluding steroid dienone is 4. The van der Waals surface area contributed by atoms with Crippen molar-refractivity contribution in [1.29, 1.82) is 0 Å². The minimum Gasteiger partial charge on any atom is -0.341 e. The molecule has 0 spiro atoms. The number of aliphatic imine (C=N–C) groups is 1. The standard InChI is InChI=1S/C21H22ClF5N2S/c1-3-15(21(25,26)27)10-17(22)13(2)8-9-28-20(14-4-5-14)29-19-11-16(30-12-23)6-7-18(19)24/h3,6-7,10-11,14H,1,4-5,8-9,12H2,2H3,(H,28,29)/b15-10+,17-13-. The Morgan fingerprint density at radius 2 is 2.07 bits per heavy atom. The molecule has 0 aromatic heterocycles. The van der Waals surface area contributed by atoms with Gasteiger partial charge in [0, 0.05) is 22.4 Å². The summed E-state index contributed by atoms with van der Waals surface area (Å²) in [6, 6.07) is 3.68. The Hall–Kier alpha value is -1.80. The lowest BCUT2D eigenvalue weighted by Crippen LogP contribution is -2.16. The Kier molecular flexibility index (Phi) is 8.97.